The number of benzene rings is 1. The van der Waals surface area contributed by atoms with Gasteiger partial charge in [-0.2, -0.15) is 0 Å². The summed E-state index contributed by atoms with van der Waals surface area (Å²) in [4.78, 5) is 26.1. The first kappa shape index (κ1) is 12.4. The van der Waals surface area contributed by atoms with E-state index in [9.17, 15) is 14.7 Å². The lowest BCUT2D eigenvalue weighted by atomic mass is 9.94. The van der Waals surface area contributed by atoms with Gasteiger partial charge in [0.15, 0.2) is 0 Å². The Labute approximate surface area is 106 Å². The Morgan fingerprint density at radius 2 is 1.89 bits per heavy atom. The van der Waals surface area contributed by atoms with E-state index < -0.39 is 12.0 Å². The highest BCUT2D eigenvalue weighted by atomic mass is 16.4. The van der Waals surface area contributed by atoms with E-state index in [0.29, 0.717) is 13.0 Å². The third-order valence-electron chi connectivity index (χ3n) is 3.16. The van der Waals surface area contributed by atoms with Crippen molar-refractivity contribution in [3.05, 3.63) is 35.4 Å². The van der Waals surface area contributed by atoms with Crippen LogP contribution in [0.5, 0.6) is 0 Å². The average Bonchev–Trinajstić information content (AvgIpc) is 2.36. The average molecular weight is 248 g/mol. The molecule has 0 spiro atoms. The van der Waals surface area contributed by atoms with Gasteiger partial charge in [-0.25, -0.2) is 9.59 Å². The summed E-state index contributed by atoms with van der Waals surface area (Å²) >= 11 is 0. The molecule has 0 aliphatic carbocycles. The number of rotatable bonds is 1. The van der Waals surface area contributed by atoms with E-state index in [1.54, 1.807) is 14.1 Å². The lowest BCUT2D eigenvalue weighted by molar-refractivity contribution is -0.142. The molecule has 5 nitrogen and oxygen atoms in total. The Bertz CT molecular complexity index is 485. The summed E-state index contributed by atoms with van der Waals surface area (Å²) in [5, 5.41) is 9.25. The second-order valence-electron chi connectivity index (χ2n) is 4.63. The van der Waals surface area contributed by atoms with Crippen molar-refractivity contribution < 1.29 is 14.7 Å². The molecule has 5 heteroatoms. The maximum Gasteiger partial charge on any atom is 0.326 e. The Morgan fingerprint density at radius 3 is 2.44 bits per heavy atom. The molecule has 0 saturated carbocycles. The van der Waals surface area contributed by atoms with Gasteiger partial charge in [0.05, 0.1) is 0 Å². The van der Waals surface area contributed by atoms with E-state index in [-0.39, 0.29) is 6.03 Å². The Morgan fingerprint density at radius 1 is 1.28 bits per heavy atom. The van der Waals surface area contributed by atoms with E-state index in [0.717, 1.165) is 11.1 Å². The number of carbonyl (C=O) groups excluding carboxylic acids is 1. The minimum Gasteiger partial charge on any atom is -0.480 e. The van der Waals surface area contributed by atoms with Crippen LogP contribution in [-0.4, -0.2) is 47.0 Å². The molecular formula is C13H16N2O3. The third-order valence-corrected chi connectivity index (χ3v) is 3.16. The van der Waals surface area contributed by atoms with Gasteiger partial charge in [-0.05, 0) is 11.1 Å². The van der Waals surface area contributed by atoms with Gasteiger partial charge in [-0.15, -0.1) is 0 Å². The standard InChI is InChI=1S/C13H16N2O3/c1-14(2)13(18)15-8-10-6-4-3-5-9(10)7-11(15)12(16)17/h3-6,11H,7-8H2,1-2H3,(H,16,17)/t11-/m1/s1. The quantitative estimate of drug-likeness (QED) is 0.811. The lowest BCUT2D eigenvalue weighted by Gasteiger charge is -2.35. The van der Waals surface area contributed by atoms with Crippen molar-refractivity contribution in [3.63, 3.8) is 0 Å². The summed E-state index contributed by atoms with van der Waals surface area (Å²) in [5.41, 5.74) is 2.03. The van der Waals surface area contributed by atoms with E-state index >= 15 is 0 Å². The number of carbonyl (C=O) groups is 2. The highest BCUT2D eigenvalue weighted by Gasteiger charge is 2.35. The minimum atomic E-state index is -0.959. The fourth-order valence-electron chi connectivity index (χ4n) is 2.20. The molecule has 18 heavy (non-hydrogen) atoms. The molecule has 0 saturated heterocycles. The predicted octanol–water partition coefficient (Wildman–Crippen LogP) is 1.18. The number of urea groups is 1. The van der Waals surface area contributed by atoms with Crippen LogP contribution in [0.25, 0.3) is 0 Å². The first-order chi connectivity index (χ1) is 8.50. The lowest BCUT2D eigenvalue weighted by Crippen LogP contribution is -2.51. The number of carboxylic acids is 1. The van der Waals surface area contributed by atoms with Crippen molar-refractivity contribution in [3.8, 4) is 0 Å². The minimum absolute atomic E-state index is 0.267. The van der Waals surface area contributed by atoms with Crippen LogP contribution in [0, 0.1) is 0 Å². The maximum atomic E-state index is 12.0. The number of fused-ring (bicyclic) bond motifs is 1. The summed E-state index contributed by atoms with van der Waals surface area (Å²) in [7, 11) is 3.25. The molecule has 0 fully saturated rings. The smallest absolute Gasteiger partial charge is 0.326 e. The molecule has 0 aromatic heterocycles. The molecule has 96 valence electrons. The molecule has 2 rings (SSSR count). The van der Waals surface area contributed by atoms with E-state index in [1.165, 1.54) is 9.80 Å². The monoisotopic (exact) mass is 248 g/mol. The van der Waals surface area contributed by atoms with Crippen LogP contribution in [0.3, 0.4) is 0 Å². The fourth-order valence-corrected chi connectivity index (χ4v) is 2.20. The second-order valence-corrected chi connectivity index (χ2v) is 4.63. The predicted molar refractivity (Wildman–Crippen MR) is 66.2 cm³/mol. The Kier molecular flexibility index (Phi) is 3.23. The van der Waals surface area contributed by atoms with Gasteiger partial charge in [0.2, 0.25) is 0 Å². The molecule has 0 bridgehead atoms. The highest BCUT2D eigenvalue weighted by molar-refractivity contribution is 5.83. The molecule has 1 aromatic carbocycles. The number of amides is 2. The van der Waals surface area contributed by atoms with Gasteiger partial charge in [0.25, 0.3) is 0 Å². The first-order valence-electron chi connectivity index (χ1n) is 5.78. The second kappa shape index (κ2) is 4.68. The van der Waals surface area contributed by atoms with Gasteiger partial charge in [-0.3, -0.25) is 0 Å². The van der Waals surface area contributed by atoms with Gasteiger partial charge >= 0.3 is 12.0 Å². The molecule has 1 atom stereocenters. The van der Waals surface area contributed by atoms with Crippen LogP contribution in [0.15, 0.2) is 24.3 Å². The van der Waals surface area contributed by atoms with Crippen LogP contribution >= 0.6 is 0 Å². The summed E-state index contributed by atoms with van der Waals surface area (Å²) < 4.78 is 0. The number of aliphatic carboxylic acids is 1. The zero-order chi connectivity index (χ0) is 13.3. The van der Waals surface area contributed by atoms with Crippen molar-refractivity contribution in [1.29, 1.82) is 0 Å². The van der Waals surface area contributed by atoms with Gasteiger partial charge in [0.1, 0.15) is 6.04 Å². The SMILES string of the molecule is CN(C)C(=O)N1Cc2ccccc2C[C@@H]1C(=O)O. The van der Waals surface area contributed by atoms with Crippen molar-refractivity contribution >= 4 is 12.0 Å². The molecule has 1 N–H and O–H groups in total. The van der Waals surface area contributed by atoms with E-state index in [4.69, 9.17) is 0 Å². The normalized spacial score (nSPS) is 18.1. The maximum absolute atomic E-state index is 12.0. The molecule has 2 amide bonds. The van der Waals surface area contributed by atoms with Crippen molar-refractivity contribution in [1.82, 2.24) is 9.80 Å². The van der Waals surface area contributed by atoms with Crippen LogP contribution in [0.1, 0.15) is 11.1 Å². The first-order valence-corrected chi connectivity index (χ1v) is 5.78. The number of nitrogens with zero attached hydrogens (tertiary/aromatic N) is 2. The molecule has 1 aliphatic heterocycles. The van der Waals surface area contributed by atoms with Gasteiger partial charge in [-0.1, -0.05) is 24.3 Å². The van der Waals surface area contributed by atoms with E-state index in [1.807, 2.05) is 24.3 Å². The van der Waals surface area contributed by atoms with Crippen LogP contribution in [0.4, 0.5) is 4.79 Å². The van der Waals surface area contributed by atoms with Crippen molar-refractivity contribution in [2.75, 3.05) is 14.1 Å². The summed E-state index contributed by atoms with van der Waals surface area (Å²) in [6, 6.07) is 6.60. The number of carboxylic acid groups (broad SMARTS) is 1. The largest absolute Gasteiger partial charge is 0.480 e. The molecule has 0 radical (unpaired) electrons. The van der Waals surface area contributed by atoms with Gasteiger partial charge < -0.3 is 14.9 Å². The topological polar surface area (TPSA) is 60.9 Å². The number of hydrogen-bond acceptors (Lipinski definition) is 2. The molecule has 1 heterocycles. The molecular weight excluding hydrogens is 232 g/mol. The third kappa shape index (κ3) is 2.16. The Hall–Kier alpha value is -2.04. The van der Waals surface area contributed by atoms with Crippen LogP contribution in [-0.2, 0) is 17.8 Å². The molecule has 0 unspecified atom stereocenters. The summed E-state index contributed by atoms with van der Waals surface area (Å²) in [5.74, 6) is -0.959. The van der Waals surface area contributed by atoms with Crippen molar-refractivity contribution in [2.24, 2.45) is 0 Å². The number of hydrogen-bond donors (Lipinski definition) is 1. The Balaban J connectivity index is 2.34. The fraction of sp³-hybridized carbons (Fsp3) is 0.385. The van der Waals surface area contributed by atoms with Crippen molar-refractivity contribution in [2.45, 2.75) is 19.0 Å². The van der Waals surface area contributed by atoms with Crippen LogP contribution < -0.4 is 0 Å². The molecule has 1 aromatic rings. The highest BCUT2D eigenvalue weighted by Crippen LogP contribution is 2.24. The summed E-state index contributed by atoms with van der Waals surface area (Å²) in [6.45, 7) is 0.351. The van der Waals surface area contributed by atoms with Gasteiger partial charge in [0, 0.05) is 27.1 Å². The molecule has 1 aliphatic rings. The van der Waals surface area contributed by atoms with E-state index in [2.05, 4.69) is 0 Å². The zero-order valence-corrected chi connectivity index (χ0v) is 10.5. The zero-order valence-electron chi connectivity index (χ0n) is 10.5. The summed E-state index contributed by atoms with van der Waals surface area (Å²) in [6.07, 6.45) is 0.366. The van der Waals surface area contributed by atoms with Crippen LogP contribution in [0.2, 0.25) is 0 Å².